The van der Waals surface area contributed by atoms with Crippen LogP contribution in [0.2, 0.25) is 0 Å². The van der Waals surface area contributed by atoms with Gasteiger partial charge in [-0.05, 0) is 41.6 Å². The minimum absolute atomic E-state index is 0.0289. The number of amides is 1. The van der Waals surface area contributed by atoms with Crippen LogP contribution in [-0.2, 0) is 17.7 Å². The Bertz CT molecular complexity index is 1050. The molecule has 0 N–H and O–H groups in total. The second-order valence-corrected chi connectivity index (χ2v) is 8.09. The second kappa shape index (κ2) is 7.10. The Morgan fingerprint density at radius 2 is 2.04 bits per heavy atom. The molecule has 0 atom stereocenters. The van der Waals surface area contributed by atoms with E-state index in [1.54, 1.807) is 12.1 Å². The summed E-state index contributed by atoms with van der Waals surface area (Å²) in [4.78, 5) is 26.8. The van der Waals surface area contributed by atoms with E-state index in [1.165, 1.54) is 23.5 Å². The quantitative estimate of drug-likeness (QED) is 0.664. The predicted octanol–water partition coefficient (Wildman–Crippen LogP) is 2.87. The number of halogens is 1. The van der Waals surface area contributed by atoms with Crippen LogP contribution in [0.4, 0.5) is 10.3 Å². The van der Waals surface area contributed by atoms with Crippen molar-refractivity contribution in [2.45, 2.75) is 13.0 Å². The molecule has 2 aliphatic rings. The normalized spacial score (nSPS) is 17.0. The predicted molar refractivity (Wildman–Crippen MR) is 105 cm³/mol. The van der Waals surface area contributed by atoms with Gasteiger partial charge in [-0.1, -0.05) is 0 Å². The third-order valence-corrected chi connectivity index (χ3v) is 6.31. The summed E-state index contributed by atoms with van der Waals surface area (Å²) in [7, 11) is 0. The maximum atomic E-state index is 13.4. The van der Waals surface area contributed by atoms with Gasteiger partial charge in [-0.15, -0.1) is 11.3 Å². The SMILES string of the molecule is O=C(c1cc2cc(F)ccc2s1)N1CCc2cnc(N3CCOCC3)nc2C1. The van der Waals surface area contributed by atoms with Crippen molar-refractivity contribution < 1.29 is 13.9 Å². The lowest BCUT2D eigenvalue weighted by Gasteiger charge is -2.30. The van der Waals surface area contributed by atoms with Crippen molar-refractivity contribution >= 4 is 33.3 Å². The molecule has 1 fully saturated rings. The molecule has 0 aliphatic carbocycles. The number of anilines is 1. The van der Waals surface area contributed by atoms with Crippen LogP contribution in [0.3, 0.4) is 0 Å². The molecule has 6 nitrogen and oxygen atoms in total. The van der Waals surface area contributed by atoms with Gasteiger partial charge in [0, 0.05) is 30.5 Å². The largest absolute Gasteiger partial charge is 0.378 e. The summed E-state index contributed by atoms with van der Waals surface area (Å²) in [5, 5.41) is 0.766. The van der Waals surface area contributed by atoms with E-state index in [4.69, 9.17) is 9.72 Å². The smallest absolute Gasteiger partial charge is 0.264 e. The Morgan fingerprint density at radius 3 is 2.89 bits per heavy atom. The first-order chi connectivity index (χ1) is 13.7. The number of carbonyl (C=O) groups is 1. The van der Waals surface area contributed by atoms with E-state index >= 15 is 0 Å². The van der Waals surface area contributed by atoms with Crippen molar-refractivity contribution in [3.63, 3.8) is 0 Å². The minimum atomic E-state index is -0.288. The molecule has 0 bridgehead atoms. The van der Waals surface area contributed by atoms with E-state index in [9.17, 15) is 9.18 Å². The Balaban J connectivity index is 1.38. The highest BCUT2D eigenvalue weighted by molar-refractivity contribution is 7.20. The van der Waals surface area contributed by atoms with Gasteiger partial charge in [-0.25, -0.2) is 14.4 Å². The fraction of sp³-hybridized carbons (Fsp3) is 0.350. The van der Waals surface area contributed by atoms with Crippen molar-refractivity contribution in [1.29, 1.82) is 0 Å². The van der Waals surface area contributed by atoms with Gasteiger partial charge in [0.1, 0.15) is 5.82 Å². The number of thiophene rings is 1. The summed E-state index contributed by atoms with van der Waals surface area (Å²) < 4.78 is 19.7. The average molecular weight is 398 g/mol. The van der Waals surface area contributed by atoms with E-state index in [-0.39, 0.29) is 11.7 Å². The van der Waals surface area contributed by atoms with Gasteiger partial charge in [-0.2, -0.15) is 0 Å². The molecule has 0 spiro atoms. The fourth-order valence-corrected chi connectivity index (χ4v) is 4.67. The van der Waals surface area contributed by atoms with Gasteiger partial charge < -0.3 is 14.5 Å². The number of morpholine rings is 1. The zero-order valence-electron chi connectivity index (χ0n) is 15.2. The second-order valence-electron chi connectivity index (χ2n) is 7.01. The first-order valence-corrected chi connectivity index (χ1v) is 10.1. The molecule has 0 radical (unpaired) electrons. The highest BCUT2D eigenvalue weighted by Crippen LogP contribution is 2.29. The third-order valence-electron chi connectivity index (χ3n) is 5.20. The van der Waals surface area contributed by atoms with Gasteiger partial charge >= 0.3 is 0 Å². The van der Waals surface area contributed by atoms with Crippen molar-refractivity contribution in [2.24, 2.45) is 0 Å². The monoisotopic (exact) mass is 398 g/mol. The summed E-state index contributed by atoms with van der Waals surface area (Å²) in [5.74, 6) is 0.385. The van der Waals surface area contributed by atoms with Crippen LogP contribution in [0.5, 0.6) is 0 Å². The van der Waals surface area contributed by atoms with E-state index in [2.05, 4.69) is 9.88 Å². The Morgan fingerprint density at radius 1 is 1.18 bits per heavy atom. The molecule has 5 rings (SSSR count). The molecule has 0 saturated carbocycles. The molecule has 2 aromatic heterocycles. The zero-order chi connectivity index (χ0) is 19.1. The number of ether oxygens (including phenoxy) is 1. The molecule has 1 amide bonds. The molecule has 1 aromatic carbocycles. The number of carbonyl (C=O) groups excluding carboxylic acids is 1. The highest BCUT2D eigenvalue weighted by Gasteiger charge is 2.25. The molecular weight excluding hydrogens is 379 g/mol. The maximum Gasteiger partial charge on any atom is 0.264 e. The summed E-state index contributed by atoms with van der Waals surface area (Å²) in [5.41, 5.74) is 2.00. The van der Waals surface area contributed by atoms with Crippen LogP contribution in [0.15, 0.2) is 30.5 Å². The van der Waals surface area contributed by atoms with Crippen LogP contribution >= 0.6 is 11.3 Å². The van der Waals surface area contributed by atoms with Crippen molar-refractivity contribution in [2.75, 3.05) is 37.7 Å². The van der Waals surface area contributed by atoms with Crippen LogP contribution in [0, 0.1) is 5.82 Å². The Kier molecular flexibility index (Phi) is 4.44. The highest BCUT2D eigenvalue weighted by atomic mass is 32.1. The molecular formula is C20H19FN4O2S. The van der Waals surface area contributed by atoms with Crippen LogP contribution in [-0.4, -0.2) is 53.6 Å². The first kappa shape index (κ1) is 17.5. The number of rotatable bonds is 2. The Labute approximate surface area is 165 Å². The number of aromatic nitrogens is 2. The van der Waals surface area contributed by atoms with Crippen molar-refractivity contribution in [3.05, 3.63) is 52.4 Å². The van der Waals surface area contributed by atoms with E-state index in [0.717, 1.165) is 40.9 Å². The van der Waals surface area contributed by atoms with Gasteiger partial charge in [0.25, 0.3) is 5.91 Å². The van der Waals surface area contributed by atoms with E-state index < -0.39 is 0 Å². The number of hydrogen-bond acceptors (Lipinski definition) is 6. The molecule has 0 unspecified atom stereocenters. The summed E-state index contributed by atoms with van der Waals surface area (Å²) in [6.07, 6.45) is 2.63. The first-order valence-electron chi connectivity index (χ1n) is 9.33. The molecule has 144 valence electrons. The fourth-order valence-electron chi connectivity index (χ4n) is 3.66. The number of hydrogen-bond donors (Lipinski definition) is 0. The van der Waals surface area contributed by atoms with Crippen LogP contribution in [0.25, 0.3) is 10.1 Å². The van der Waals surface area contributed by atoms with Crippen LogP contribution < -0.4 is 4.90 Å². The zero-order valence-corrected chi connectivity index (χ0v) is 16.0. The molecule has 28 heavy (non-hydrogen) atoms. The van der Waals surface area contributed by atoms with Gasteiger partial charge in [-0.3, -0.25) is 4.79 Å². The third kappa shape index (κ3) is 3.22. The van der Waals surface area contributed by atoms with Crippen molar-refractivity contribution in [1.82, 2.24) is 14.9 Å². The standard InChI is InChI=1S/C20H19FN4O2S/c21-15-1-2-17-14(9-15)10-18(28-17)19(26)25-4-3-13-11-22-20(23-16(13)12-25)24-5-7-27-8-6-24/h1-2,9-11H,3-8,12H2. The molecule has 1 saturated heterocycles. The lowest BCUT2D eigenvalue weighted by molar-refractivity contribution is 0.0736. The molecule has 4 heterocycles. The van der Waals surface area contributed by atoms with E-state index in [0.29, 0.717) is 37.1 Å². The summed E-state index contributed by atoms with van der Waals surface area (Å²) >= 11 is 1.40. The summed E-state index contributed by atoms with van der Waals surface area (Å²) in [6.45, 7) is 4.01. The minimum Gasteiger partial charge on any atom is -0.378 e. The molecule has 8 heteroatoms. The number of benzene rings is 1. The summed E-state index contributed by atoms with van der Waals surface area (Å²) in [6, 6.07) is 6.39. The maximum absolute atomic E-state index is 13.4. The number of fused-ring (bicyclic) bond motifs is 2. The lowest BCUT2D eigenvalue weighted by atomic mass is 10.1. The number of nitrogens with zero attached hydrogens (tertiary/aromatic N) is 4. The van der Waals surface area contributed by atoms with Gasteiger partial charge in [0.05, 0.1) is 30.3 Å². The van der Waals surface area contributed by atoms with E-state index in [1.807, 2.05) is 11.1 Å². The van der Waals surface area contributed by atoms with Gasteiger partial charge in [0.2, 0.25) is 5.95 Å². The van der Waals surface area contributed by atoms with Gasteiger partial charge in [0.15, 0.2) is 0 Å². The molecule has 2 aliphatic heterocycles. The lowest BCUT2D eigenvalue weighted by Crippen LogP contribution is -2.39. The Hall–Kier alpha value is -2.58. The molecule has 3 aromatic rings. The van der Waals surface area contributed by atoms with Crippen molar-refractivity contribution in [3.8, 4) is 0 Å². The van der Waals surface area contributed by atoms with Crippen LogP contribution in [0.1, 0.15) is 20.9 Å². The topological polar surface area (TPSA) is 58.6 Å². The average Bonchev–Trinajstić information content (AvgIpc) is 3.16.